The fourth-order valence-corrected chi connectivity index (χ4v) is 2.57. The van der Waals surface area contributed by atoms with Gasteiger partial charge in [0.25, 0.3) is 0 Å². The Hall–Kier alpha value is -1.95. The topological polar surface area (TPSA) is 66.8 Å². The highest BCUT2D eigenvalue weighted by Gasteiger charge is 2.44. The van der Waals surface area contributed by atoms with Crippen molar-refractivity contribution in [2.75, 3.05) is 18.1 Å². The van der Waals surface area contributed by atoms with Gasteiger partial charge in [-0.2, -0.15) is 0 Å². The summed E-state index contributed by atoms with van der Waals surface area (Å²) in [5, 5.41) is 9.03. The van der Waals surface area contributed by atoms with Gasteiger partial charge in [0, 0.05) is 18.2 Å². The molecule has 1 saturated heterocycles. The van der Waals surface area contributed by atoms with Crippen LogP contribution >= 0.6 is 0 Å². The number of amides is 1. The van der Waals surface area contributed by atoms with E-state index in [0.29, 0.717) is 18.5 Å². The average molecular weight is 295 g/mol. The molecular formula is C15H18FNO4. The van der Waals surface area contributed by atoms with E-state index < -0.39 is 23.7 Å². The molecular weight excluding hydrogens is 277 g/mol. The van der Waals surface area contributed by atoms with Crippen molar-refractivity contribution in [2.24, 2.45) is 5.92 Å². The van der Waals surface area contributed by atoms with Gasteiger partial charge in [-0.1, -0.05) is 0 Å². The van der Waals surface area contributed by atoms with Gasteiger partial charge in [0.1, 0.15) is 11.9 Å². The number of benzene rings is 1. The number of carbonyl (C=O) groups excluding carboxylic acids is 2. The Morgan fingerprint density at radius 1 is 1.43 bits per heavy atom. The maximum Gasteiger partial charge on any atom is 0.329 e. The zero-order valence-corrected chi connectivity index (χ0v) is 11.8. The van der Waals surface area contributed by atoms with Crippen LogP contribution in [0.25, 0.3) is 0 Å². The molecule has 0 unspecified atom stereocenters. The van der Waals surface area contributed by atoms with Gasteiger partial charge in [0.15, 0.2) is 0 Å². The van der Waals surface area contributed by atoms with Gasteiger partial charge in [-0.15, -0.1) is 0 Å². The van der Waals surface area contributed by atoms with Gasteiger partial charge in [-0.25, -0.2) is 9.18 Å². The van der Waals surface area contributed by atoms with Crippen molar-refractivity contribution >= 4 is 17.6 Å². The molecule has 0 spiro atoms. The minimum absolute atomic E-state index is 0.122. The lowest BCUT2D eigenvalue weighted by molar-refractivity contribution is -0.144. The number of rotatable bonds is 5. The van der Waals surface area contributed by atoms with Crippen molar-refractivity contribution in [3.8, 4) is 0 Å². The van der Waals surface area contributed by atoms with Crippen LogP contribution < -0.4 is 4.90 Å². The molecule has 0 aromatic heterocycles. The first-order valence-corrected chi connectivity index (χ1v) is 6.94. The number of ether oxygens (including phenoxy) is 1. The molecule has 1 aliphatic rings. The van der Waals surface area contributed by atoms with E-state index in [1.807, 2.05) is 0 Å². The molecule has 1 N–H and O–H groups in total. The molecule has 21 heavy (non-hydrogen) atoms. The highest BCUT2D eigenvalue weighted by atomic mass is 19.1. The van der Waals surface area contributed by atoms with Crippen LogP contribution in [0.2, 0.25) is 0 Å². The minimum atomic E-state index is -0.723. The van der Waals surface area contributed by atoms with Crippen LogP contribution in [0.15, 0.2) is 24.3 Å². The number of hydrogen-bond acceptors (Lipinski definition) is 4. The molecule has 5 nitrogen and oxygen atoms in total. The molecule has 1 heterocycles. The van der Waals surface area contributed by atoms with E-state index in [0.717, 1.165) is 0 Å². The Morgan fingerprint density at radius 3 is 2.67 bits per heavy atom. The lowest BCUT2D eigenvalue weighted by Crippen LogP contribution is -2.40. The number of hydrogen-bond donors (Lipinski definition) is 1. The second-order valence-electron chi connectivity index (χ2n) is 4.90. The normalized spacial score (nSPS) is 21.7. The van der Waals surface area contributed by atoms with Crippen molar-refractivity contribution in [1.29, 1.82) is 0 Å². The lowest BCUT2D eigenvalue weighted by atomic mass is 10.0. The summed E-state index contributed by atoms with van der Waals surface area (Å²) in [6, 6.07) is 4.68. The highest BCUT2D eigenvalue weighted by Crippen LogP contribution is 2.32. The smallest absolute Gasteiger partial charge is 0.329 e. The fourth-order valence-electron chi connectivity index (χ4n) is 2.57. The maximum atomic E-state index is 13.0. The van der Waals surface area contributed by atoms with Gasteiger partial charge in [-0.05, 0) is 44.0 Å². The number of aliphatic hydroxyl groups excluding tert-OH is 1. The second-order valence-corrected chi connectivity index (χ2v) is 4.90. The molecule has 0 saturated carbocycles. The number of carbonyl (C=O) groups is 2. The molecule has 1 aliphatic heterocycles. The molecule has 1 amide bonds. The Labute approximate surface area is 122 Å². The predicted molar refractivity (Wildman–Crippen MR) is 74.1 cm³/mol. The summed E-state index contributed by atoms with van der Waals surface area (Å²) in [7, 11) is 0. The van der Waals surface area contributed by atoms with E-state index in [-0.39, 0.29) is 19.1 Å². The maximum absolute atomic E-state index is 13.0. The van der Waals surface area contributed by atoms with Gasteiger partial charge in [0.05, 0.1) is 6.61 Å². The van der Waals surface area contributed by atoms with Crippen LogP contribution in [-0.2, 0) is 14.3 Å². The van der Waals surface area contributed by atoms with E-state index in [1.165, 1.54) is 29.2 Å². The number of aliphatic hydroxyl groups is 1. The van der Waals surface area contributed by atoms with Gasteiger partial charge in [0.2, 0.25) is 5.91 Å². The van der Waals surface area contributed by atoms with Crippen LogP contribution in [0, 0.1) is 11.7 Å². The van der Waals surface area contributed by atoms with Gasteiger partial charge >= 0.3 is 5.97 Å². The SMILES string of the molecule is CCOC(=O)[C@H]1C[C@H](CCO)C(=O)N1c1ccc(F)cc1. The molecule has 1 aromatic rings. The first-order chi connectivity index (χ1) is 10.1. The molecule has 2 rings (SSSR count). The minimum Gasteiger partial charge on any atom is -0.464 e. The van der Waals surface area contributed by atoms with Crippen molar-refractivity contribution in [3.63, 3.8) is 0 Å². The molecule has 0 bridgehead atoms. The summed E-state index contributed by atoms with van der Waals surface area (Å²) in [5.74, 6) is -1.55. The zero-order valence-electron chi connectivity index (χ0n) is 11.8. The van der Waals surface area contributed by atoms with E-state index in [2.05, 4.69) is 0 Å². The summed E-state index contributed by atoms with van der Waals surface area (Å²) in [6.07, 6.45) is 0.599. The second kappa shape index (κ2) is 6.67. The summed E-state index contributed by atoms with van der Waals surface area (Å²) in [6.45, 7) is 1.80. The van der Waals surface area contributed by atoms with Crippen LogP contribution in [0.3, 0.4) is 0 Å². The van der Waals surface area contributed by atoms with Crippen LogP contribution in [-0.4, -0.2) is 36.2 Å². The van der Waals surface area contributed by atoms with Crippen LogP contribution in [0.4, 0.5) is 10.1 Å². The highest BCUT2D eigenvalue weighted by molar-refractivity contribution is 6.03. The summed E-state index contributed by atoms with van der Waals surface area (Å²) in [4.78, 5) is 25.8. The lowest BCUT2D eigenvalue weighted by Gasteiger charge is -2.23. The summed E-state index contributed by atoms with van der Waals surface area (Å²) >= 11 is 0. The van der Waals surface area contributed by atoms with Crippen molar-refractivity contribution in [2.45, 2.75) is 25.8 Å². The standard InChI is InChI=1S/C15H18FNO4/c1-2-21-15(20)13-9-10(7-8-18)14(19)17(13)12-5-3-11(16)4-6-12/h3-6,10,13,18H,2,7-9H2,1H3/t10-,13+/m0/s1. The van der Waals surface area contributed by atoms with E-state index in [4.69, 9.17) is 9.84 Å². The monoisotopic (exact) mass is 295 g/mol. The predicted octanol–water partition coefficient (Wildman–Crippen LogP) is 1.49. The third-order valence-electron chi connectivity index (χ3n) is 3.55. The fraction of sp³-hybridized carbons (Fsp3) is 0.467. The molecule has 0 aliphatic carbocycles. The van der Waals surface area contributed by atoms with E-state index >= 15 is 0 Å². The molecule has 1 fully saturated rings. The summed E-state index contributed by atoms with van der Waals surface area (Å²) in [5.41, 5.74) is 0.458. The molecule has 2 atom stereocenters. The Morgan fingerprint density at radius 2 is 2.10 bits per heavy atom. The van der Waals surface area contributed by atoms with Crippen molar-refractivity contribution in [3.05, 3.63) is 30.1 Å². The van der Waals surface area contributed by atoms with Crippen LogP contribution in [0.5, 0.6) is 0 Å². The Balaban J connectivity index is 2.30. The van der Waals surface area contributed by atoms with Gasteiger partial charge in [-0.3, -0.25) is 9.69 Å². The molecule has 1 aromatic carbocycles. The Bertz CT molecular complexity index is 517. The quantitative estimate of drug-likeness (QED) is 0.836. The van der Waals surface area contributed by atoms with E-state index in [9.17, 15) is 14.0 Å². The third kappa shape index (κ3) is 3.21. The molecule has 114 valence electrons. The molecule has 6 heteroatoms. The zero-order chi connectivity index (χ0) is 15.4. The van der Waals surface area contributed by atoms with Crippen molar-refractivity contribution < 1.29 is 23.8 Å². The van der Waals surface area contributed by atoms with E-state index in [1.54, 1.807) is 6.92 Å². The number of anilines is 1. The Kier molecular flexibility index (Phi) is 4.90. The number of halogens is 1. The third-order valence-corrected chi connectivity index (χ3v) is 3.55. The first kappa shape index (κ1) is 15.4. The average Bonchev–Trinajstić information content (AvgIpc) is 2.78. The summed E-state index contributed by atoms with van der Waals surface area (Å²) < 4.78 is 18.0. The van der Waals surface area contributed by atoms with Crippen molar-refractivity contribution in [1.82, 2.24) is 0 Å². The van der Waals surface area contributed by atoms with Crippen LogP contribution in [0.1, 0.15) is 19.8 Å². The number of nitrogens with zero attached hydrogens (tertiary/aromatic N) is 1. The largest absolute Gasteiger partial charge is 0.464 e. The number of esters is 1. The first-order valence-electron chi connectivity index (χ1n) is 6.94. The molecule has 0 radical (unpaired) electrons. The van der Waals surface area contributed by atoms with Gasteiger partial charge < -0.3 is 9.84 Å².